The minimum absolute atomic E-state index is 0.0166. The van der Waals surface area contributed by atoms with Crippen molar-refractivity contribution in [2.24, 2.45) is 5.92 Å². The molecule has 2 aromatic carbocycles. The Morgan fingerprint density at radius 1 is 1.08 bits per heavy atom. The molecule has 4 rings (SSSR count). The summed E-state index contributed by atoms with van der Waals surface area (Å²) in [5.41, 5.74) is 3.03. The van der Waals surface area contributed by atoms with Crippen LogP contribution < -0.4 is 4.90 Å². The summed E-state index contributed by atoms with van der Waals surface area (Å²) in [5, 5.41) is 0. The van der Waals surface area contributed by atoms with Crippen LogP contribution in [0.3, 0.4) is 0 Å². The summed E-state index contributed by atoms with van der Waals surface area (Å²) < 4.78 is 13.8. The lowest BCUT2D eigenvalue weighted by molar-refractivity contribution is -0.121. The lowest BCUT2D eigenvalue weighted by atomic mass is 10.1. The number of likely N-dealkylation sites (tertiary alicyclic amines) is 1. The summed E-state index contributed by atoms with van der Waals surface area (Å²) in [6.07, 6.45) is 1.79. The Morgan fingerprint density at radius 2 is 1.88 bits per heavy atom. The van der Waals surface area contributed by atoms with Gasteiger partial charge in [0.05, 0.1) is 5.92 Å². The van der Waals surface area contributed by atoms with Gasteiger partial charge in [0.1, 0.15) is 5.82 Å². The average molecular weight is 324 g/mol. The normalized spacial score (nSPS) is 20.4. The molecule has 124 valence electrons. The molecule has 24 heavy (non-hydrogen) atoms. The average Bonchev–Trinajstić information content (AvgIpc) is 3.23. The van der Waals surface area contributed by atoms with Crippen LogP contribution in [0.4, 0.5) is 10.1 Å². The lowest BCUT2D eigenvalue weighted by Crippen LogP contribution is -2.36. The van der Waals surface area contributed by atoms with Gasteiger partial charge >= 0.3 is 0 Å². The largest absolute Gasteiger partial charge is 0.312 e. The maximum atomic E-state index is 13.8. The number of hydrogen-bond donors (Lipinski definition) is 0. The Hall–Kier alpha value is -2.20. The highest BCUT2D eigenvalue weighted by molar-refractivity contribution is 5.97. The molecule has 1 atom stereocenters. The van der Waals surface area contributed by atoms with Crippen molar-refractivity contribution in [2.75, 3.05) is 24.5 Å². The summed E-state index contributed by atoms with van der Waals surface area (Å²) in [6, 6.07) is 15.0. The van der Waals surface area contributed by atoms with Gasteiger partial charge in [0.15, 0.2) is 0 Å². The number of anilines is 1. The standard InChI is InChI=1S/C20H21FN2O/c21-18-7-3-1-6-16(18)13-22-11-9-17(14-22)20(24)23-12-10-15-5-2-4-8-19(15)23/h1-8,17H,9-14H2. The number of carbonyl (C=O) groups is 1. The zero-order valence-corrected chi connectivity index (χ0v) is 13.6. The molecule has 2 heterocycles. The van der Waals surface area contributed by atoms with Gasteiger partial charge in [-0.1, -0.05) is 36.4 Å². The van der Waals surface area contributed by atoms with E-state index in [9.17, 15) is 9.18 Å². The van der Waals surface area contributed by atoms with Crippen LogP contribution in [0.5, 0.6) is 0 Å². The quantitative estimate of drug-likeness (QED) is 0.865. The monoisotopic (exact) mass is 324 g/mol. The van der Waals surface area contributed by atoms with E-state index in [1.807, 2.05) is 35.2 Å². The van der Waals surface area contributed by atoms with Gasteiger partial charge in [0.2, 0.25) is 5.91 Å². The molecule has 0 spiro atoms. The number of halogens is 1. The summed E-state index contributed by atoms with van der Waals surface area (Å²) in [6.45, 7) is 2.92. The van der Waals surface area contributed by atoms with E-state index in [0.29, 0.717) is 18.7 Å². The van der Waals surface area contributed by atoms with E-state index in [0.717, 1.165) is 31.6 Å². The maximum Gasteiger partial charge on any atom is 0.231 e. The van der Waals surface area contributed by atoms with Gasteiger partial charge < -0.3 is 4.90 Å². The molecule has 1 saturated heterocycles. The number of fused-ring (bicyclic) bond motifs is 1. The Morgan fingerprint density at radius 3 is 2.75 bits per heavy atom. The predicted molar refractivity (Wildman–Crippen MR) is 92.3 cm³/mol. The molecular weight excluding hydrogens is 303 g/mol. The predicted octanol–water partition coefficient (Wildman–Crippen LogP) is 3.24. The number of rotatable bonds is 3. The van der Waals surface area contributed by atoms with Crippen molar-refractivity contribution in [1.82, 2.24) is 4.90 Å². The van der Waals surface area contributed by atoms with E-state index in [1.165, 1.54) is 11.6 Å². The Balaban J connectivity index is 1.42. The van der Waals surface area contributed by atoms with E-state index >= 15 is 0 Å². The lowest BCUT2D eigenvalue weighted by Gasteiger charge is -2.22. The van der Waals surface area contributed by atoms with Crippen LogP contribution in [0.1, 0.15) is 17.5 Å². The van der Waals surface area contributed by atoms with Crippen molar-refractivity contribution in [3.05, 3.63) is 65.5 Å². The fraction of sp³-hybridized carbons (Fsp3) is 0.350. The number of benzene rings is 2. The molecule has 3 nitrogen and oxygen atoms in total. The minimum Gasteiger partial charge on any atom is -0.312 e. The van der Waals surface area contributed by atoms with Gasteiger partial charge in [-0.05, 0) is 37.1 Å². The van der Waals surface area contributed by atoms with Gasteiger partial charge in [-0.25, -0.2) is 4.39 Å². The molecule has 1 amide bonds. The summed E-state index contributed by atoms with van der Waals surface area (Å²) in [4.78, 5) is 17.0. The highest BCUT2D eigenvalue weighted by atomic mass is 19.1. The molecule has 0 saturated carbocycles. The van der Waals surface area contributed by atoms with Crippen LogP contribution in [0, 0.1) is 11.7 Å². The molecule has 4 heteroatoms. The van der Waals surface area contributed by atoms with Gasteiger partial charge in [-0.15, -0.1) is 0 Å². The first-order chi connectivity index (χ1) is 11.7. The van der Waals surface area contributed by atoms with Crippen LogP contribution in [-0.4, -0.2) is 30.4 Å². The molecule has 2 aliphatic heterocycles. The molecular formula is C20H21FN2O. The molecule has 0 aromatic heterocycles. The number of para-hydroxylation sites is 1. The van der Waals surface area contributed by atoms with Crippen LogP contribution in [-0.2, 0) is 17.8 Å². The van der Waals surface area contributed by atoms with E-state index in [2.05, 4.69) is 11.0 Å². The van der Waals surface area contributed by atoms with Crippen molar-refractivity contribution in [1.29, 1.82) is 0 Å². The molecule has 0 bridgehead atoms. The number of nitrogens with zero attached hydrogens (tertiary/aromatic N) is 2. The van der Waals surface area contributed by atoms with Crippen LogP contribution in [0.2, 0.25) is 0 Å². The van der Waals surface area contributed by atoms with Crippen molar-refractivity contribution in [3.8, 4) is 0 Å². The molecule has 0 aliphatic carbocycles. The maximum absolute atomic E-state index is 13.8. The topological polar surface area (TPSA) is 23.6 Å². The summed E-state index contributed by atoms with van der Waals surface area (Å²) in [5.74, 6) is 0.0691. The Bertz CT molecular complexity index is 761. The second-order valence-corrected chi connectivity index (χ2v) is 6.68. The fourth-order valence-electron chi connectivity index (χ4n) is 3.83. The van der Waals surface area contributed by atoms with Crippen LogP contribution in [0.15, 0.2) is 48.5 Å². The second kappa shape index (κ2) is 6.36. The number of carbonyl (C=O) groups excluding carboxylic acids is 1. The van der Waals surface area contributed by atoms with E-state index in [-0.39, 0.29) is 17.6 Å². The molecule has 2 aliphatic rings. The fourth-order valence-corrected chi connectivity index (χ4v) is 3.83. The highest BCUT2D eigenvalue weighted by Crippen LogP contribution is 2.31. The first kappa shape index (κ1) is 15.3. The smallest absolute Gasteiger partial charge is 0.231 e. The number of amides is 1. The third kappa shape index (κ3) is 2.82. The Labute approximate surface area is 141 Å². The first-order valence-electron chi connectivity index (χ1n) is 8.57. The van der Waals surface area contributed by atoms with Gasteiger partial charge in [-0.2, -0.15) is 0 Å². The first-order valence-corrected chi connectivity index (χ1v) is 8.57. The molecule has 0 radical (unpaired) electrons. The third-order valence-corrected chi connectivity index (χ3v) is 5.13. The molecule has 1 unspecified atom stereocenters. The second-order valence-electron chi connectivity index (χ2n) is 6.68. The highest BCUT2D eigenvalue weighted by Gasteiger charge is 2.34. The van der Waals surface area contributed by atoms with Gasteiger partial charge in [0, 0.05) is 30.9 Å². The van der Waals surface area contributed by atoms with Crippen molar-refractivity contribution in [2.45, 2.75) is 19.4 Å². The van der Waals surface area contributed by atoms with E-state index < -0.39 is 0 Å². The van der Waals surface area contributed by atoms with Crippen molar-refractivity contribution >= 4 is 11.6 Å². The number of hydrogen-bond acceptors (Lipinski definition) is 2. The van der Waals surface area contributed by atoms with Crippen molar-refractivity contribution in [3.63, 3.8) is 0 Å². The van der Waals surface area contributed by atoms with Crippen LogP contribution in [0.25, 0.3) is 0 Å². The zero-order chi connectivity index (χ0) is 16.5. The minimum atomic E-state index is -0.166. The van der Waals surface area contributed by atoms with Gasteiger partial charge in [0.25, 0.3) is 0 Å². The zero-order valence-electron chi connectivity index (χ0n) is 13.6. The van der Waals surface area contributed by atoms with Crippen molar-refractivity contribution < 1.29 is 9.18 Å². The summed E-state index contributed by atoms with van der Waals surface area (Å²) >= 11 is 0. The van der Waals surface area contributed by atoms with E-state index in [4.69, 9.17) is 0 Å². The molecule has 0 N–H and O–H groups in total. The molecule has 1 fully saturated rings. The molecule has 2 aromatic rings. The SMILES string of the molecule is O=C(C1CCN(Cc2ccccc2F)C1)N1CCc2ccccc21. The van der Waals surface area contributed by atoms with E-state index in [1.54, 1.807) is 6.07 Å². The summed E-state index contributed by atoms with van der Waals surface area (Å²) in [7, 11) is 0. The van der Waals surface area contributed by atoms with Crippen LogP contribution >= 0.6 is 0 Å². The third-order valence-electron chi connectivity index (χ3n) is 5.13. The Kier molecular flexibility index (Phi) is 4.07. The van der Waals surface area contributed by atoms with Gasteiger partial charge in [-0.3, -0.25) is 9.69 Å².